The predicted molar refractivity (Wildman–Crippen MR) is 74.0 cm³/mol. The van der Waals surface area contributed by atoms with E-state index in [9.17, 15) is 9.59 Å². The van der Waals surface area contributed by atoms with Crippen molar-refractivity contribution in [1.29, 1.82) is 0 Å². The molecule has 1 aliphatic rings. The normalized spacial score (nSPS) is 16.3. The molecule has 0 atom stereocenters. The van der Waals surface area contributed by atoms with Crippen LogP contribution in [0.3, 0.4) is 0 Å². The zero-order valence-electron chi connectivity index (χ0n) is 11.5. The van der Waals surface area contributed by atoms with Crippen LogP contribution in [0.25, 0.3) is 0 Å². The van der Waals surface area contributed by atoms with E-state index in [2.05, 4.69) is 10.6 Å². The second-order valence-corrected chi connectivity index (χ2v) is 5.23. The van der Waals surface area contributed by atoms with Gasteiger partial charge in [0.2, 0.25) is 5.91 Å². The maximum absolute atomic E-state index is 11.8. The Labute approximate surface area is 117 Å². The molecule has 6 heteroatoms. The van der Waals surface area contributed by atoms with Crippen LogP contribution in [0.2, 0.25) is 0 Å². The topological polar surface area (TPSA) is 87.7 Å². The first-order valence-electron chi connectivity index (χ1n) is 6.38. The van der Waals surface area contributed by atoms with Gasteiger partial charge >= 0.3 is 5.97 Å². The molecule has 1 aliphatic heterocycles. The third-order valence-corrected chi connectivity index (χ3v) is 3.29. The molecule has 0 aliphatic carbocycles. The van der Waals surface area contributed by atoms with Crippen LogP contribution in [0.4, 0.5) is 5.69 Å². The summed E-state index contributed by atoms with van der Waals surface area (Å²) in [7, 11) is 0. The molecule has 1 aromatic carbocycles. The summed E-state index contributed by atoms with van der Waals surface area (Å²) in [6.07, 6.45) is 0. The number of aromatic carboxylic acids is 1. The number of anilines is 1. The van der Waals surface area contributed by atoms with Gasteiger partial charge in [-0.3, -0.25) is 4.79 Å². The Hall–Kier alpha value is -1.92. The third kappa shape index (κ3) is 3.34. The van der Waals surface area contributed by atoms with E-state index in [0.717, 1.165) is 13.1 Å². The molecule has 0 radical (unpaired) electrons. The van der Waals surface area contributed by atoms with E-state index in [4.69, 9.17) is 9.84 Å². The second kappa shape index (κ2) is 5.60. The molecule has 1 amide bonds. The Kier molecular flexibility index (Phi) is 4.06. The first kappa shape index (κ1) is 14.5. The number of aryl methyl sites for hydroxylation is 1. The molecule has 6 nitrogen and oxygen atoms in total. The summed E-state index contributed by atoms with van der Waals surface area (Å²) in [6, 6.07) is 4.68. The molecule has 1 heterocycles. The van der Waals surface area contributed by atoms with E-state index in [1.165, 1.54) is 6.07 Å². The van der Waals surface area contributed by atoms with Gasteiger partial charge in [0.1, 0.15) is 6.61 Å². The van der Waals surface area contributed by atoms with Crippen molar-refractivity contribution >= 4 is 17.6 Å². The molecule has 2 rings (SSSR count). The minimum atomic E-state index is -0.978. The standard InChI is InChI=1S/C14H18N2O4/c1-9-5-10(3-4-11(9)13(18)19)16-12(17)6-20-14(2)7-15-8-14/h3-5,15H,6-8H2,1-2H3,(H,16,17)(H,18,19). The Morgan fingerprint density at radius 1 is 1.45 bits per heavy atom. The maximum atomic E-state index is 11.8. The number of rotatable bonds is 5. The lowest BCUT2D eigenvalue weighted by Gasteiger charge is -2.38. The van der Waals surface area contributed by atoms with E-state index < -0.39 is 5.97 Å². The average molecular weight is 278 g/mol. The van der Waals surface area contributed by atoms with Gasteiger partial charge in [-0.15, -0.1) is 0 Å². The monoisotopic (exact) mass is 278 g/mol. The minimum Gasteiger partial charge on any atom is -0.478 e. The average Bonchev–Trinajstić information content (AvgIpc) is 2.33. The number of hydrogen-bond acceptors (Lipinski definition) is 4. The molecule has 1 saturated heterocycles. The highest BCUT2D eigenvalue weighted by Gasteiger charge is 2.32. The summed E-state index contributed by atoms with van der Waals surface area (Å²) in [4.78, 5) is 22.7. The van der Waals surface area contributed by atoms with Crippen molar-refractivity contribution in [3.8, 4) is 0 Å². The molecule has 0 bridgehead atoms. The zero-order chi connectivity index (χ0) is 14.8. The molecular formula is C14H18N2O4. The summed E-state index contributed by atoms with van der Waals surface area (Å²) >= 11 is 0. The molecule has 1 fully saturated rings. The van der Waals surface area contributed by atoms with Crippen molar-refractivity contribution in [2.24, 2.45) is 0 Å². The molecule has 0 spiro atoms. The van der Waals surface area contributed by atoms with Gasteiger partial charge in [0.15, 0.2) is 0 Å². The number of hydrogen-bond donors (Lipinski definition) is 3. The van der Waals surface area contributed by atoms with Gasteiger partial charge in [0.05, 0.1) is 11.2 Å². The van der Waals surface area contributed by atoms with Crippen LogP contribution in [0.1, 0.15) is 22.8 Å². The van der Waals surface area contributed by atoms with E-state index in [1.807, 2.05) is 6.92 Å². The first-order valence-corrected chi connectivity index (χ1v) is 6.38. The number of carboxylic acids is 1. The summed E-state index contributed by atoms with van der Waals surface area (Å²) < 4.78 is 5.52. The highest BCUT2D eigenvalue weighted by Crippen LogP contribution is 2.17. The largest absolute Gasteiger partial charge is 0.478 e. The van der Waals surface area contributed by atoms with Gasteiger partial charge < -0.3 is 20.5 Å². The number of carboxylic acid groups (broad SMARTS) is 1. The van der Waals surface area contributed by atoms with Crippen LogP contribution in [0, 0.1) is 6.92 Å². The number of amides is 1. The number of carbonyl (C=O) groups excluding carboxylic acids is 1. The van der Waals surface area contributed by atoms with Crippen molar-refractivity contribution < 1.29 is 19.4 Å². The van der Waals surface area contributed by atoms with Crippen LogP contribution in [0.15, 0.2) is 18.2 Å². The molecule has 20 heavy (non-hydrogen) atoms. The maximum Gasteiger partial charge on any atom is 0.335 e. The Morgan fingerprint density at radius 3 is 2.65 bits per heavy atom. The lowest BCUT2D eigenvalue weighted by atomic mass is 10.0. The highest BCUT2D eigenvalue weighted by molar-refractivity contribution is 5.94. The molecule has 1 aromatic rings. The quantitative estimate of drug-likeness (QED) is 0.748. The predicted octanol–water partition coefficient (Wildman–Crippen LogP) is 1.01. The molecule has 0 aromatic heterocycles. The lowest BCUT2D eigenvalue weighted by Crippen LogP contribution is -2.59. The Morgan fingerprint density at radius 2 is 2.15 bits per heavy atom. The van der Waals surface area contributed by atoms with Gasteiger partial charge in [0.25, 0.3) is 0 Å². The van der Waals surface area contributed by atoms with Crippen LogP contribution in [-0.4, -0.2) is 42.3 Å². The SMILES string of the molecule is Cc1cc(NC(=O)COC2(C)CNC2)ccc1C(=O)O. The summed E-state index contributed by atoms with van der Waals surface area (Å²) in [5.74, 6) is -1.23. The zero-order valence-corrected chi connectivity index (χ0v) is 11.5. The molecule has 3 N–H and O–H groups in total. The molecule has 108 valence electrons. The Bertz CT molecular complexity index is 538. The van der Waals surface area contributed by atoms with Gasteiger partial charge in [0, 0.05) is 18.8 Å². The van der Waals surface area contributed by atoms with Crippen molar-refractivity contribution in [1.82, 2.24) is 5.32 Å². The number of benzene rings is 1. The number of nitrogens with one attached hydrogen (secondary N) is 2. The summed E-state index contributed by atoms with van der Waals surface area (Å²) in [6.45, 7) is 5.11. The van der Waals surface area contributed by atoms with E-state index in [0.29, 0.717) is 11.3 Å². The molecule has 0 saturated carbocycles. The van der Waals surface area contributed by atoms with Crippen molar-refractivity contribution in [3.05, 3.63) is 29.3 Å². The van der Waals surface area contributed by atoms with Gasteiger partial charge in [-0.05, 0) is 37.6 Å². The smallest absolute Gasteiger partial charge is 0.335 e. The van der Waals surface area contributed by atoms with Crippen molar-refractivity contribution in [3.63, 3.8) is 0 Å². The molecule has 0 unspecified atom stereocenters. The number of ether oxygens (including phenoxy) is 1. The van der Waals surface area contributed by atoms with Gasteiger partial charge in [-0.1, -0.05) is 0 Å². The first-order chi connectivity index (χ1) is 9.39. The van der Waals surface area contributed by atoms with Crippen LogP contribution >= 0.6 is 0 Å². The minimum absolute atomic E-state index is 0.0160. The van der Waals surface area contributed by atoms with Crippen molar-refractivity contribution in [2.45, 2.75) is 19.4 Å². The second-order valence-electron chi connectivity index (χ2n) is 5.23. The number of carbonyl (C=O) groups is 2. The highest BCUT2D eigenvalue weighted by atomic mass is 16.5. The Balaban J connectivity index is 1.91. The van der Waals surface area contributed by atoms with Crippen LogP contribution < -0.4 is 10.6 Å². The van der Waals surface area contributed by atoms with Gasteiger partial charge in [-0.2, -0.15) is 0 Å². The fourth-order valence-electron chi connectivity index (χ4n) is 2.00. The van der Waals surface area contributed by atoms with Crippen molar-refractivity contribution in [2.75, 3.05) is 25.0 Å². The van der Waals surface area contributed by atoms with E-state index in [1.54, 1.807) is 19.1 Å². The molecular weight excluding hydrogens is 260 g/mol. The van der Waals surface area contributed by atoms with Crippen LogP contribution in [-0.2, 0) is 9.53 Å². The van der Waals surface area contributed by atoms with Crippen LogP contribution in [0.5, 0.6) is 0 Å². The fraction of sp³-hybridized carbons (Fsp3) is 0.429. The van der Waals surface area contributed by atoms with E-state index in [-0.39, 0.29) is 23.7 Å². The van der Waals surface area contributed by atoms with E-state index >= 15 is 0 Å². The third-order valence-electron chi connectivity index (χ3n) is 3.29. The summed E-state index contributed by atoms with van der Waals surface area (Å²) in [5, 5.41) is 14.7. The lowest BCUT2D eigenvalue weighted by molar-refractivity contribution is -0.130. The summed E-state index contributed by atoms with van der Waals surface area (Å²) in [5.41, 5.74) is 1.14. The fourth-order valence-corrected chi connectivity index (χ4v) is 2.00. The van der Waals surface area contributed by atoms with Gasteiger partial charge in [-0.25, -0.2) is 4.79 Å².